The molecule has 0 radical (unpaired) electrons. The van der Waals surface area contributed by atoms with Crippen LogP contribution in [-0.2, 0) is 0 Å². The lowest BCUT2D eigenvalue weighted by Gasteiger charge is -2.32. The number of pyridine rings is 1. The van der Waals surface area contributed by atoms with Crippen molar-refractivity contribution in [2.45, 2.75) is 44.9 Å². The van der Waals surface area contributed by atoms with Crippen molar-refractivity contribution in [2.75, 3.05) is 26.2 Å². The number of amides is 2. The molecule has 2 aliphatic rings. The first-order chi connectivity index (χ1) is 14.1. The highest BCUT2D eigenvalue weighted by Gasteiger charge is 2.28. The van der Waals surface area contributed by atoms with Crippen molar-refractivity contribution in [3.8, 4) is 0 Å². The van der Waals surface area contributed by atoms with Gasteiger partial charge in [0, 0.05) is 50.7 Å². The van der Waals surface area contributed by atoms with Gasteiger partial charge >= 0.3 is 0 Å². The fourth-order valence-corrected chi connectivity index (χ4v) is 4.20. The predicted octanol–water partition coefficient (Wildman–Crippen LogP) is 2.83. The van der Waals surface area contributed by atoms with Gasteiger partial charge in [-0.15, -0.1) is 0 Å². The highest BCUT2D eigenvalue weighted by Crippen LogP contribution is 2.26. The monoisotopic (exact) mass is 393 g/mol. The van der Waals surface area contributed by atoms with Crippen LogP contribution in [0.4, 0.5) is 0 Å². The maximum Gasteiger partial charge on any atom is 0.257 e. The number of carbonyl (C=O) groups excluding carboxylic acids is 2. The molecule has 2 aliphatic heterocycles. The first-order valence-electron chi connectivity index (χ1n) is 10.5. The second-order valence-corrected chi connectivity index (χ2v) is 7.91. The summed E-state index contributed by atoms with van der Waals surface area (Å²) in [5.74, 6) is 0.839. The highest BCUT2D eigenvalue weighted by atomic mass is 16.2. The molecule has 1 unspecified atom stereocenters. The Labute approximate surface area is 171 Å². The molecule has 0 bridgehead atoms. The molecule has 29 heavy (non-hydrogen) atoms. The minimum absolute atomic E-state index is 0.00332. The second kappa shape index (κ2) is 8.68. The number of likely N-dealkylation sites (tertiary alicyclic amines) is 2. The molecule has 2 amide bonds. The summed E-state index contributed by atoms with van der Waals surface area (Å²) in [5.41, 5.74) is 1.92. The lowest BCUT2D eigenvalue weighted by atomic mass is 9.96. The normalized spacial score (nSPS) is 19.8. The Bertz CT molecular complexity index is 880. The number of piperidine rings is 2. The van der Waals surface area contributed by atoms with Crippen molar-refractivity contribution >= 4 is 11.8 Å². The van der Waals surface area contributed by atoms with Gasteiger partial charge in [-0.1, -0.05) is 0 Å². The topological polar surface area (TPSA) is 79.3 Å². The van der Waals surface area contributed by atoms with Gasteiger partial charge in [-0.25, -0.2) is 9.97 Å². The molecule has 2 fully saturated rings. The zero-order valence-electron chi connectivity index (χ0n) is 16.9. The zero-order valence-corrected chi connectivity index (χ0v) is 16.9. The van der Waals surface area contributed by atoms with E-state index in [2.05, 4.69) is 15.0 Å². The number of aryl methyl sites for hydroxylation is 1. The van der Waals surface area contributed by atoms with Crippen LogP contribution in [0.25, 0.3) is 0 Å². The SMILES string of the molecule is Cc1nc(C2CCCN(C(=O)c3cccnc3)C2)ncc1C(=O)N1CCCCC1. The first-order valence-corrected chi connectivity index (χ1v) is 10.5. The van der Waals surface area contributed by atoms with Gasteiger partial charge in [-0.2, -0.15) is 0 Å². The second-order valence-electron chi connectivity index (χ2n) is 7.91. The Hall–Kier alpha value is -2.83. The quantitative estimate of drug-likeness (QED) is 0.801. The van der Waals surface area contributed by atoms with Crippen LogP contribution in [0.3, 0.4) is 0 Å². The molecule has 152 valence electrons. The Morgan fingerprint density at radius 2 is 1.79 bits per heavy atom. The van der Waals surface area contributed by atoms with Crippen LogP contribution in [0.1, 0.15) is 70.3 Å². The van der Waals surface area contributed by atoms with Gasteiger partial charge in [0.15, 0.2) is 0 Å². The smallest absolute Gasteiger partial charge is 0.257 e. The molecule has 4 heterocycles. The third kappa shape index (κ3) is 4.28. The van der Waals surface area contributed by atoms with E-state index in [1.807, 2.05) is 16.7 Å². The summed E-state index contributed by atoms with van der Waals surface area (Å²) in [6.45, 7) is 4.83. The molecule has 0 spiro atoms. The van der Waals surface area contributed by atoms with Gasteiger partial charge in [0.2, 0.25) is 0 Å². The van der Waals surface area contributed by atoms with Crippen LogP contribution in [-0.4, -0.2) is 62.7 Å². The molecule has 2 saturated heterocycles. The lowest BCUT2D eigenvalue weighted by Crippen LogP contribution is -2.39. The van der Waals surface area contributed by atoms with E-state index in [0.29, 0.717) is 17.7 Å². The Balaban J connectivity index is 1.47. The molecule has 0 saturated carbocycles. The number of aromatic nitrogens is 3. The third-order valence-corrected chi connectivity index (χ3v) is 5.85. The third-order valence-electron chi connectivity index (χ3n) is 5.85. The van der Waals surface area contributed by atoms with E-state index in [1.54, 1.807) is 30.7 Å². The maximum atomic E-state index is 12.8. The summed E-state index contributed by atoms with van der Waals surface area (Å²) in [6, 6.07) is 3.57. The number of carbonyl (C=O) groups is 2. The van der Waals surface area contributed by atoms with Crippen LogP contribution >= 0.6 is 0 Å². The molecular formula is C22H27N5O2. The molecule has 2 aromatic rings. The first kappa shape index (κ1) is 19.5. The Kier molecular flexibility index (Phi) is 5.83. The standard InChI is InChI=1S/C22H27N5O2/c1-16-19(22(29)26-10-3-2-4-11-26)14-24-20(25-16)18-8-6-12-27(15-18)21(28)17-7-5-9-23-13-17/h5,7,9,13-14,18H,2-4,6,8,10-12,15H2,1H3. The fourth-order valence-electron chi connectivity index (χ4n) is 4.20. The molecule has 4 rings (SSSR count). The van der Waals surface area contributed by atoms with E-state index < -0.39 is 0 Å². The van der Waals surface area contributed by atoms with Crippen LogP contribution in [0.5, 0.6) is 0 Å². The number of rotatable bonds is 3. The molecule has 2 aromatic heterocycles. The zero-order chi connectivity index (χ0) is 20.2. The van der Waals surface area contributed by atoms with E-state index in [-0.39, 0.29) is 17.7 Å². The summed E-state index contributed by atoms with van der Waals surface area (Å²) in [6.07, 6.45) is 10.1. The Morgan fingerprint density at radius 3 is 2.52 bits per heavy atom. The van der Waals surface area contributed by atoms with Gasteiger partial charge in [0.05, 0.1) is 16.8 Å². The minimum atomic E-state index is -0.00332. The van der Waals surface area contributed by atoms with E-state index in [1.165, 1.54) is 6.42 Å². The molecule has 7 heteroatoms. The molecule has 0 N–H and O–H groups in total. The van der Waals surface area contributed by atoms with E-state index >= 15 is 0 Å². The van der Waals surface area contributed by atoms with Crippen molar-refractivity contribution in [1.82, 2.24) is 24.8 Å². The van der Waals surface area contributed by atoms with Gasteiger partial charge < -0.3 is 9.80 Å². The molecule has 7 nitrogen and oxygen atoms in total. The van der Waals surface area contributed by atoms with Gasteiger partial charge in [0.1, 0.15) is 5.82 Å². The average molecular weight is 393 g/mol. The number of hydrogen-bond acceptors (Lipinski definition) is 5. The Morgan fingerprint density at radius 1 is 1.00 bits per heavy atom. The van der Waals surface area contributed by atoms with Crippen LogP contribution in [0.15, 0.2) is 30.7 Å². The van der Waals surface area contributed by atoms with Gasteiger partial charge in [-0.3, -0.25) is 14.6 Å². The largest absolute Gasteiger partial charge is 0.339 e. The van der Waals surface area contributed by atoms with Crippen LogP contribution in [0.2, 0.25) is 0 Å². The van der Waals surface area contributed by atoms with Crippen molar-refractivity contribution in [2.24, 2.45) is 0 Å². The van der Waals surface area contributed by atoms with Crippen molar-refractivity contribution in [1.29, 1.82) is 0 Å². The average Bonchev–Trinajstić information content (AvgIpc) is 2.79. The summed E-state index contributed by atoms with van der Waals surface area (Å²) in [7, 11) is 0. The molecule has 0 aromatic carbocycles. The summed E-state index contributed by atoms with van der Waals surface area (Å²) < 4.78 is 0. The predicted molar refractivity (Wildman–Crippen MR) is 109 cm³/mol. The molecular weight excluding hydrogens is 366 g/mol. The highest BCUT2D eigenvalue weighted by molar-refractivity contribution is 5.95. The summed E-state index contributed by atoms with van der Waals surface area (Å²) >= 11 is 0. The molecule has 0 aliphatic carbocycles. The summed E-state index contributed by atoms with van der Waals surface area (Å²) in [4.78, 5) is 42.6. The van der Waals surface area contributed by atoms with Crippen LogP contribution < -0.4 is 0 Å². The van der Waals surface area contributed by atoms with Crippen molar-refractivity contribution in [3.05, 3.63) is 53.4 Å². The fraction of sp³-hybridized carbons (Fsp3) is 0.500. The van der Waals surface area contributed by atoms with E-state index in [4.69, 9.17) is 0 Å². The molecule has 1 atom stereocenters. The number of hydrogen-bond donors (Lipinski definition) is 0. The van der Waals surface area contributed by atoms with Crippen molar-refractivity contribution < 1.29 is 9.59 Å². The van der Waals surface area contributed by atoms with E-state index in [9.17, 15) is 9.59 Å². The number of nitrogens with zero attached hydrogens (tertiary/aromatic N) is 5. The summed E-state index contributed by atoms with van der Waals surface area (Å²) in [5, 5.41) is 0. The van der Waals surface area contributed by atoms with E-state index in [0.717, 1.165) is 56.8 Å². The minimum Gasteiger partial charge on any atom is -0.339 e. The van der Waals surface area contributed by atoms with Gasteiger partial charge in [0.25, 0.3) is 11.8 Å². The van der Waals surface area contributed by atoms with Gasteiger partial charge in [-0.05, 0) is 51.2 Å². The lowest BCUT2D eigenvalue weighted by molar-refractivity contribution is 0.0703. The maximum absolute atomic E-state index is 12.8. The van der Waals surface area contributed by atoms with Crippen molar-refractivity contribution in [3.63, 3.8) is 0 Å². The van der Waals surface area contributed by atoms with Crippen LogP contribution in [0, 0.1) is 6.92 Å².